The molecule has 1 aromatic heterocycles. The van der Waals surface area contributed by atoms with E-state index in [9.17, 15) is 9.59 Å². The molecule has 1 fully saturated rings. The highest BCUT2D eigenvalue weighted by molar-refractivity contribution is 5.99. The SMILES string of the molecule is Cc1cc(C)c2cc(C(=O)N3CCN(C(=O)OCC(C)C)CC3)[nH]c2c1. The number of rotatable bonds is 3. The number of hydrogen-bond donors (Lipinski definition) is 1. The van der Waals surface area contributed by atoms with E-state index in [0.29, 0.717) is 44.4 Å². The van der Waals surface area contributed by atoms with Gasteiger partial charge in [-0.2, -0.15) is 0 Å². The molecule has 1 aromatic carbocycles. The zero-order chi connectivity index (χ0) is 18.8. The van der Waals surface area contributed by atoms with Gasteiger partial charge >= 0.3 is 6.09 Å². The molecule has 0 atom stereocenters. The molecule has 2 aromatic rings. The number of ether oxygens (including phenoxy) is 1. The Morgan fingerprint density at radius 3 is 2.38 bits per heavy atom. The van der Waals surface area contributed by atoms with Crippen molar-refractivity contribution in [1.29, 1.82) is 0 Å². The Morgan fingerprint density at radius 2 is 1.73 bits per heavy atom. The molecule has 1 aliphatic rings. The average Bonchev–Trinajstić information content (AvgIpc) is 3.03. The monoisotopic (exact) mass is 357 g/mol. The van der Waals surface area contributed by atoms with Gasteiger partial charge in [-0.1, -0.05) is 19.9 Å². The van der Waals surface area contributed by atoms with E-state index < -0.39 is 0 Å². The van der Waals surface area contributed by atoms with E-state index in [0.717, 1.165) is 16.5 Å². The second kappa shape index (κ2) is 7.40. The summed E-state index contributed by atoms with van der Waals surface area (Å²) in [6.45, 7) is 10.6. The summed E-state index contributed by atoms with van der Waals surface area (Å²) in [7, 11) is 0. The fraction of sp³-hybridized carbons (Fsp3) is 0.500. The third kappa shape index (κ3) is 3.84. The topological polar surface area (TPSA) is 65.6 Å². The summed E-state index contributed by atoms with van der Waals surface area (Å²) in [6.07, 6.45) is -0.289. The minimum atomic E-state index is -0.289. The van der Waals surface area contributed by atoms with Gasteiger partial charge in [0, 0.05) is 37.1 Å². The number of aryl methyl sites for hydroxylation is 2. The van der Waals surface area contributed by atoms with E-state index in [-0.39, 0.29) is 12.0 Å². The fourth-order valence-electron chi connectivity index (χ4n) is 3.31. The average molecular weight is 357 g/mol. The summed E-state index contributed by atoms with van der Waals surface area (Å²) < 4.78 is 5.26. The van der Waals surface area contributed by atoms with E-state index in [1.54, 1.807) is 9.80 Å². The summed E-state index contributed by atoms with van der Waals surface area (Å²) in [5.41, 5.74) is 3.92. The number of benzene rings is 1. The minimum absolute atomic E-state index is 0.0200. The van der Waals surface area contributed by atoms with Crippen LogP contribution in [0.15, 0.2) is 18.2 Å². The van der Waals surface area contributed by atoms with Crippen molar-refractivity contribution in [2.45, 2.75) is 27.7 Å². The number of H-pyrrole nitrogens is 1. The molecule has 0 bridgehead atoms. The quantitative estimate of drug-likeness (QED) is 0.916. The number of aromatic amines is 1. The molecular weight excluding hydrogens is 330 g/mol. The Labute approximate surface area is 154 Å². The number of nitrogens with zero attached hydrogens (tertiary/aromatic N) is 2. The zero-order valence-corrected chi connectivity index (χ0v) is 16.0. The van der Waals surface area contributed by atoms with Gasteiger partial charge in [-0.25, -0.2) is 4.79 Å². The molecule has 6 heteroatoms. The third-order valence-corrected chi connectivity index (χ3v) is 4.68. The molecule has 6 nitrogen and oxygen atoms in total. The van der Waals surface area contributed by atoms with Crippen molar-refractivity contribution >= 4 is 22.9 Å². The maximum atomic E-state index is 12.8. The first kappa shape index (κ1) is 18.3. The van der Waals surface area contributed by atoms with Crippen LogP contribution in [0.25, 0.3) is 10.9 Å². The summed E-state index contributed by atoms with van der Waals surface area (Å²) in [5.74, 6) is 0.296. The fourth-order valence-corrected chi connectivity index (χ4v) is 3.31. The number of aromatic nitrogens is 1. The smallest absolute Gasteiger partial charge is 0.409 e. The second-order valence-corrected chi connectivity index (χ2v) is 7.48. The van der Waals surface area contributed by atoms with Crippen molar-refractivity contribution in [2.75, 3.05) is 32.8 Å². The summed E-state index contributed by atoms with van der Waals surface area (Å²) in [5, 5.41) is 1.08. The lowest BCUT2D eigenvalue weighted by Gasteiger charge is -2.34. The van der Waals surface area contributed by atoms with Crippen molar-refractivity contribution in [1.82, 2.24) is 14.8 Å². The molecule has 1 N–H and O–H groups in total. The molecular formula is C20H27N3O3. The Balaban J connectivity index is 1.63. The van der Waals surface area contributed by atoms with Gasteiger partial charge in [0.05, 0.1) is 6.61 Å². The second-order valence-electron chi connectivity index (χ2n) is 7.48. The van der Waals surface area contributed by atoms with Gasteiger partial charge in [0.15, 0.2) is 0 Å². The summed E-state index contributed by atoms with van der Waals surface area (Å²) >= 11 is 0. The van der Waals surface area contributed by atoms with E-state index in [1.165, 1.54) is 5.56 Å². The number of fused-ring (bicyclic) bond motifs is 1. The van der Waals surface area contributed by atoms with E-state index >= 15 is 0 Å². The molecule has 2 amide bonds. The molecule has 0 spiro atoms. The van der Waals surface area contributed by atoms with Crippen LogP contribution in [0.1, 0.15) is 35.5 Å². The first-order valence-electron chi connectivity index (χ1n) is 9.16. The molecule has 3 rings (SSSR count). The lowest BCUT2D eigenvalue weighted by Crippen LogP contribution is -2.50. The molecule has 0 saturated carbocycles. The van der Waals surface area contributed by atoms with Crippen LogP contribution in [-0.2, 0) is 4.74 Å². The van der Waals surface area contributed by atoms with E-state index in [4.69, 9.17) is 4.74 Å². The highest BCUT2D eigenvalue weighted by Crippen LogP contribution is 2.22. The number of hydrogen-bond acceptors (Lipinski definition) is 3. The minimum Gasteiger partial charge on any atom is -0.449 e. The van der Waals surface area contributed by atoms with Gasteiger partial charge in [0.2, 0.25) is 0 Å². The maximum Gasteiger partial charge on any atom is 0.409 e. The van der Waals surface area contributed by atoms with Crippen molar-refractivity contribution in [3.05, 3.63) is 35.0 Å². The van der Waals surface area contributed by atoms with Gasteiger partial charge < -0.3 is 19.5 Å². The predicted molar refractivity (Wildman–Crippen MR) is 101 cm³/mol. The Morgan fingerprint density at radius 1 is 1.08 bits per heavy atom. The normalized spacial score (nSPS) is 15.0. The molecule has 0 aliphatic carbocycles. The molecule has 140 valence electrons. The molecule has 0 radical (unpaired) electrons. The number of carbonyl (C=O) groups excluding carboxylic acids is 2. The number of amides is 2. The maximum absolute atomic E-state index is 12.8. The van der Waals surface area contributed by atoms with Crippen LogP contribution in [-0.4, -0.2) is 59.6 Å². The highest BCUT2D eigenvalue weighted by Gasteiger charge is 2.26. The number of nitrogens with one attached hydrogen (secondary N) is 1. The Kier molecular flexibility index (Phi) is 5.20. The van der Waals surface area contributed by atoms with Gasteiger partial charge in [0.25, 0.3) is 5.91 Å². The lowest BCUT2D eigenvalue weighted by molar-refractivity contribution is 0.0532. The molecule has 1 aliphatic heterocycles. The number of piperazine rings is 1. The molecule has 0 unspecified atom stereocenters. The van der Waals surface area contributed by atoms with Crippen LogP contribution in [0.4, 0.5) is 4.79 Å². The molecule has 2 heterocycles. The van der Waals surface area contributed by atoms with Crippen LogP contribution < -0.4 is 0 Å². The van der Waals surface area contributed by atoms with Crippen LogP contribution in [0.3, 0.4) is 0 Å². The van der Waals surface area contributed by atoms with Crippen molar-refractivity contribution in [3.8, 4) is 0 Å². The van der Waals surface area contributed by atoms with Crippen LogP contribution in [0, 0.1) is 19.8 Å². The molecule has 26 heavy (non-hydrogen) atoms. The van der Waals surface area contributed by atoms with Crippen LogP contribution in [0.5, 0.6) is 0 Å². The van der Waals surface area contributed by atoms with Crippen LogP contribution in [0.2, 0.25) is 0 Å². The first-order valence-corrected chi connectivity index (χ1v) is 9.16. The third-order valence-electron chi connectivity index (χ3n) is 4.68. The summed E-state index contributed by atoms with van der Waals surface area (Å²) in [6, 6.07) is 6.10. The van der Waals surface area contributed by atoms with Gasteiger partial charge in [-0.15, -0.1) is 0 Å². The summed E-state index contributed by atoms with van der Waals surface area (Å²) in [4.78, 5) is 31.6. The van der Waals surface area contributed by atoms with Gasteiger partial charge in [0.1, 0.15) is 5.69 Å². The van der Waals surface area contributed by atoms with Crippen LogP contribution >= 0.6 is 0 Å². The van der Waals surface area contributed by atoms with E-state index in [2.05, 4.69) is 24.0 Å². The van der Waals surface area contributed by atoms with Crippen molar-refractivity contribution < 1.29 is 14.3 Å². The highest BCUT2D eigenvalue weighted by atomic mass is 16.6. The first-order chi connectivity index (χ1) is 12.3. The van der Waals surface area contributed by atoms with Crippen molar-refractivity contribution in [2.24, 2.45) is 5.92 Å². The predicted octanol–water partition coefficient (Wildman–Crippen LogP) is 3.34. The van der Waals surface area contributed by atoms with Crippen molar-refractivity contribution in [3.63, 3.8) is 0 Å². The zero-order valence-electron chi connectivity index (χ0n) is 16.0. The lowest BCUT2D eigenvalue weighted by atomic mass is 10.1. The van der Waals surface area contributed by atoms with Gasteiger partial charge in [-0.3, -0.25) is 4.79 Å². The van der Waals surface area contributed by atoms with E-state index in [1.807, 2.05) is 26.8 Å². The largest absolute Gasteiger partial charge is 0.449 e. The standard InChI is InChI=1S/C20H27N3O3/c1-13(2)12-26-20(25)23-7-5-22(6-8-23)19(24)18-11-16-15(4)9-14(3)10-17(16)21-18/h9-11,13,21H,5-8,12H2,1-4H3. The number of carbonyl (C=O) groups is 2. The molecule has 1 saturated heterocycles. The Bertz CT molecular complexity index is 817. The Hall–Kier alpha value is -2.50. The van der Waals surface area contributed by atoms with Gasteiger partial charge in [-0.05, 0) is 43.0 Å².